The number of benzene rings is 1. The molecule has 1 saturated carbocycles. The maximum absolute atomic E-state index is 12.4. The molecule has 1 aliphatic carbocycles. The molecule has 1 aromatic rings. The lowest BCUT2D eigenvalue weighted by Crippen LogP contribution is -2.32. The van der Waals surface area contributed by atoms with Crippen LogP contribution in [-0.2, 0) is 4.79 Å². The average Bonchev–Trinajstić information content (AvgIpc) is 2.92. The fraction of sp³-hybridized carbons (Fsp3) is 0.467. The zero-order valence-electron chi connectivity index (χ0n) is 11.6. The fourth-order valence-corrected chi connectivity index (χ4v) is 2.69. The van der Waals surface area contributed by atoms with Crippen LogP contribution >= 0.6 is 11.6 Å². The van der Waals surface area contributed by atoms with E-state index in [0.717, 1.165) is 18.4 Å². The van der Waals surface area contributed by atoms with Gasteiger partial charge in [0.15, 0.2) is 0 Å². The van der Waals surface area contributed by atoms with E-state index in [1.54, 1.807) is 12.1 Å². The number of carbonyl (C=O) groups excluding carboxylic acids is 1. The monoisotopic (exact) mass is 292 g/mol. The summed E-state index contributed by atoms with van der Waals surface area (Å²) in [6, 6.07) is 5.61. The Morgan fingerprint density at radius 2 is 2.10 bits per heavy atom. The third kappa shape index (κ3) is 2.59. The summed E-state index contributed by atoms with van der Waals surface area (Å²) in [5.41, 5.74) is 0.500. The van der Waals surface area contributed by atoms with Crippen LogP contribution < -0.4 is 10.1 Å². The molecule has 1 aromatic carbocycles. The van der Waals surface area contributed by atoms with E-state index in [4.69, 9.17) is 16.3 Å². The number of hydrogen-bond acceptors (Lipinski definition) is 3. The van der Waals surface area contributed by atoms with Gasteiger partial charge in [-0.2, -0.15) is 5.26 Å². The SMILES string of the molecule is COc1cc(Cl)c(C)cc1NC(=O)C1(C#N)CCCC1. The average molecular weight is 293 g/mol. The van der Waals surface area contributed by atoms with Crippen molar-refractivity contribution >= 4 is 23.2 Å². The molecule has 0 bridgehead atoms. The van der Waals surface area contributed by atoms with Crippen molar-refractivity contribution < 1.29 is 9.53 Å². The van der Waals surface area contributed by atoms with Crippen LogP contribution in [0, 0.1) is 23.7 Å². The van der Waals surface area contributed by atoms with Gasteiger partial charge in [-0.15, -0.1) is 0 Å². The van der Waals surface area contributed by atoms with E-state index in [0.29, 0.717) is 29.3 Å². The van der Waals surface area contributed by atoms with E-state index in [-0.39, 0.29) is 5.91 Å². The van der Waals surface area contributed by atoms with Crippen molar-refractivity contribution in [3.05, 3.63) is 22.7 Å². The minimum Gasteiger partial charge on any atom is -0.495 e. The van der Waals surface area contributed by atoms with Crippen molar-refractivity contribution in [1.82, 2.24) is 0 Å². The molecule has 1 N–H and O–H groups in total. The summed E-state index contributed by atoms with van der Waals surface area (Å²) < 4.78 is 5.23. The molecule has 0 aliphatic heterocycles. The molecule has 0 saturated heterocycles. The number of carbonyl (C=O) groups is 1. The van der Waals surface area contributed by atoms with E-state index in [1.807, 2.05) is 6.92 Å². The number of hydrogen-bond donors (Lipinski definition) is 1. The molecular weight excluding hydrogens is 276 g/mol. The molecule has 5 heteroatoms. The summed E-state index contributed by atoms with van der Waals surface area (Å²) in [6.07, 6.45) is 3.06. The predicted octanol–water partition coefficient (Wildman–Crippen LogP) is 3.68. The highest BCUT2D eigenvalue weighted by molar-refractivity contribution is 6.31. The molecule has 0 aromatic heterocycles. The highest BCUT2D eigenvalue weighted by Gasteiger charge is 2.41. The zero-order valence-corrected chi connectivity index (χ0v) is 12.4. The van der Waals surface area contributed by atoms with E-state index >= 15 is 0 Å². The molecular formula is C15H17ClN2O2. The van der Waals surface area contributed by atoms with Gasteiger partial charge in [-0.3, -0.25) is 4.79 Å². The molecule has 0 heterocycles. The normalized spacial score (nSPS) is 16.5. The third-order valence-electron chi connectivity index (χ3n) is 3.83. The third-order valence-corrected chi connectivity index (χ3v) is 4.24. The van der Waals surface area contributed by atoms with Gasteiger partial charge in [0.25, 0.3) is 0 Å². The van der Waals surface area contributed by atoms with Gasteiger partial charge in [-0.1, -0.05) is 24.4 Å². The van der Waals surface area contributed by atoms with Gasteiger partial charge in [0.05, 0.1) is 18.9 Å². The van der Waals surface area contributed by atoms with Gasteiger partial charge in [-0.25, -0.2) is 0 Å². The fourth-order valence-electron chi connectivity index (χ4n) is 2.54. The van der Waals surface area contributed by atoms with Crippen LogP contribution in [0.15, 0.2) is 12.1 Å². The number of halogens is 1. The number of ether oxygens (including phenoxy) is 1. The second-order valence-electron chi connectivity index (χ2n) is 5.16. The molecule has 106 valence electrons. The van der Waals surface area contributed by atoms with Crippen LogP contribution in [0.3, 0.4) is 0 Å². The van der Waals surface area contributed by atoms with Crippen LogP contribution in [0.25, 0.3) is 0 Å². The number of nitrogens with zero attached hydrogens (tertiary/aromatic N) is 1. The summed E-state index contributed by atoms with van der Waals surface area (Å²) in [7, 11) is 1.52. The van der Waals surface area contributed by atoms with Crippen molar-refractivity contribution in [2.45, 2.75) is 32.6 Å². The number of amides is 1. The molecule has 1 amide bonds. The lowest BCUT2D eigenvalue weighted by Gasteiger charge is -2.20. The van der Waals surface area contributed by atoms with E-state index < -0.39 is 5.41 Å². The highest BCUT2D eigenvalue weighted by Crippen LogP contribution is 2.39. The summed E-state index contributed by atoms with van der Waals surface area (Å²) in [5.74, 6) is 0.248. The molecule has 4 nitrogen and oxygen atoms in total. The Balaban J connectivity index is 2.28. The zero-order chi connectivity index (χ0) is 14.8. The molecule has 0 unspecified atom stereocenters. The number of anilines is 1. The minimum atomic E-state index is -0.904. The highest BCUT2D eigenvalue weighted by atomic mass is 35.5. The van der Waals surface area contributed by atoms with Gasteiger partial charge >= 0.3 is 0 Å². The van der Waals surface area contributed by atoms with Gasteiger partial charge in [0, 0.05) is 11.1 Å². The Labute approximate surface area is 123 Å². The maximum Gasteiger partial charge on any atom is 0.244 e. The Morgan fingerprint density at radius 1 is 1.45 bits per heavy atom. The van der Waals surface area contributed by atoms with Crippen LogP contribution in [0.5, 0.6) is 5.75 Å². The minimum absolute atomic E-state index is 0.252. The number of aryl methyl sites for hydroxylation is 1. The van der Waals surface area contributed by atoms with E-state index in [1.165, 1.54) is 7.11 Å². The van der Waals surface area contributed by atoms with Gasteiger partial charge in [0.1, 0.15) is 11.2 Å². The van der Waals surface area contributed by atoms with Crippen LogP contribution in [0.2, 0.25) is 5.02 Å². The van der Waals surface area contributed by atoms with Gasteiger partial charge in [-0.05, 0) is 31.4 Å². The van der Waals surface area contributed by atoms with E-state index in [2.05, 4.69) is 11.4 Å². The first-order valence-corrected chi connectivity index (χ1v) is 6.97. The number of rotatable bonds is 3. The van der Waals surface area contributed by atoms with Crippen LogP contribution in [0.4, 0.5) is 5.69 Å². The Morgan fingerprint density at radius 3 is 2.65 bits per heavy atom. The molecule has 1 fully saturated rings. The molecule has 1 aliphatic rings. The standard InChI is InChI=1S/C15H17ClN2O2/c1-10-7-12(13(20-2)8-11(10)16)18-14(19)15(9-17)5-3-4-6-15/h7-8H,3-6H2,1-2H3,(H,18,19). The molecule has 0 spiro atoms. The number of nitrogens with one attached hydrogen (secondary N) is 1. The van der Waals surface area contributed by atoms with Crippen molar-refractivity contribution in [3.8, 4) is 11.8 Å². The lowest BCUT2D eigenvalue weighted by atomic mass is 9.87. The second kappa shape index (κ2) is 5.72. The molecule has 20 heavy (non-hydrogen) atoms. The summed E-state index contributed by atoms with van der Waals surface area (Å²) in [6.45, 7) is 1.85. The number of methoxy groups -OCH3 is 1. The predicted molar refractivity (Wildman–Crippen MR) is 77.9 cm³/mol. The second-order valence-corrected chi connectivity index (χ2v) is 5.56. The molecule has 2 rings (SSSR count). The number of nitriles is 1. The lowest BCUT2D eigenvalue weighted by molar-refractivity contribution is -0.122. The first kappa shape index (κ1) is 14.7. The molecule has 0 atom stereocenters. The summed E-state index contributed by atoms with van der Waals surface area (Å²) in [5, 5.41) is 12.7. The first-order valence-electron chi connectivity index (χ1n) is 6.59. The Bertz CT molecular complexity index is 572. The Kier molecular flexibility index (Phi) is 4.20. The van der Waals surface area contributed by atoms with Crippen molar-refractivity contribution in [1.29, 1.82) is 5.26 Å². The van der Waals surface area contributed by atoms with Crippen LogP contribution in [0.1, 0.15) is 31.2 Å². The Hall–Kier alpha value is -1.73. The molecule has 0 radical (unpaired) electrons. The van der Waals surface area contributed by atoms with Crippen molar-refractivity contribution in [2.75, 3.05) is 12.4 Å². The van der Waals surface area contributed by atoms with Gasteiger partial charge < -0.3 is 10.1 Å². The largest absolute Gasteiger partial charge is 0.495 e. The van der Waals surface area contributed by atoms with Gasteiger partial charge in [0.2, 0.25) is 5.91 Å². The summed E-state index contributed by atoms with van der Waals surface area (Å²) >= 11 is 6.04. The van der Waals surface area contributed by atoms with Crippen molar-refractivity contribution in [2.24, 2.45) is 5.41 Å². The van der Waals surface area contributed by atoms with Crippen LogP contribution in [-0.4, -0.2) is 13.0 Å². The summed E-state index contributed by atoms with van der Waals surface area (Å²) in [4.78, 5) is 12.4. The smallest absolute Gasteiger partial charge is 0.244 e. The first-order chi connectivity index (χ1) is 9.52. The topological polar surface area (TPSA) is 62.1 Å². The van der Waals surface area contributed by atoms with Crippen molar-refractivity contribution in [3.63, 3.8) is 0 Å². The van der Waals surface area contributed by atoms with E-state index in [9.17, 15) is 10.1 Å². The quantitative estimate of drug-likeness (QED) is 0.924. The maximum atomic E-state index is 12.4.